The number of nitrogens with two attached hydrogens (primary N) is 1. The van der Waals surface area contributed by atoms with E-state index in [1.807, 2.05) is 0 Å². The van der Waals surface area contributed by atoms with Gasteiger partial charge >= 0.3 is 0 Å². The zero-order chi connectivity index (χ0) is 18.4. The standard InChI is InChI=1S/C21H45NO3/c22-18-20-25-19-16-14-12-10-8-6-4-2-1-3-5-7-9-11-13-15-17-21(23)24/h21,23-24H,1-20,22H2. The zero-order valence-electron chi connectivity index (χ0n) is 16.6. The normalized spacial score (nSPS) is 11.5. The van der Waals surface area contributed by atoms with Crippen LogP contribution >= 0.6 is 0 Å². The molecule has 4 N–H and O–H groups in total. The van der Waals surface area contributed by atoms with E-state index in [-0.39, 0.29) is 0 Å². The molecule has 0 amide bonds. The lowest BCUT2D eigenvalue weighted by Crippen LogP contribution is -2.08. The monoisotopic (exact) mass is 359 g/mol. The smallest absolute Gasteiger partial charge is 0.151 e. The van der Waals surface area contributed by atoms with Crippen molar-refractivity contribution in [2.24, 2.45) is 5.73 Å². The number of aliphatic hydroxyl groups is 2. The molecule has 4 nitrogen and oxygen atoms in total. The molecule has 0 bridgehead atoms. The zero-order valence-corrected chi connectivity index (χ0v) is 16.6. The van der Waals surface area contributed by atoms with Gasteiger partial charge in [0.25, 0.3) is 0 Å². The summed E-state index contributed by atoms with van der Waals surface area (Å²) in [4.78, 5) is 0. The van der Waals surface area contributed by atoms with Gasteiger partial charge in [0.05, 0.1) is 6.61 Å². The highest BCUT2D eigenvalue weighted by Crippen LogP contribution is 2.14. The van der Waals surface area contributed by atoms with E-state index < -0.39 is 6.29 Å². The van der Waals surface area contributed by atoms with Crippen LogP contribution < -0.4 is 5.73 Å². The molecule has 0 fully saturated rings. The van der Waals surface area contributed by atoms with E-state index in [1.54, 1.807) is 0 Å². The van der Waals surface area contributed by atoms with Crippen molar-refractivity contribution in [3.63, 3.8) is 0 Å². The predicted octanol–water partition coefficient (Wildman–Crippen LogP) is 4.90. The number of hydrogen-bond donors (Lipinski definition) is 3. The molecule has 0 saturated carbocycles. The molecule has 0 spiro atoms. The van der Waals surface area contributed by atoms with Gasteiger partial charge in [-0.3, -0.25) is 0 Å². The summed E-state index contributed by atoms with van der Waals surface area (Å²) in [6, 6.07) is 0. The van der Waals surface area contributed by atoms with E-state index in [9.17, 15) is 0 Å². The van der Waals surface area contributed by atoms with Crippen LogP contribution in [0.1, 0.15) is 109 Å². The van der Waals surface area contributed by atoms with Crippen LogP contribution in [0.25, 0.3) is 0 Å². The number of aliphatic hydroxyl groups excluding tert-OH is 1. The molecule has 4 heteroatoms. The third-order valence-electron chi connectivity index (χ3n) is 4.76. The Kier molecular flexibility index (Phi) is 21.7. The van der Waals surface area contributed by atoms with Gasteiger partial charge in [-0.2, -0.15) is 0 Å². The highest BCUT2D eigenvalue weighted by atomic mass is 16.5. The molecule has 0 unspecified atom stereocenters. The van der Waals surface area contributed by atoms with Crippen LogP contribution in [0.3, 0.4) is 0 Å². The van der Waals surface area contributed by atoms with Crippen LogP contribution in [0.4, 0.5) is 0 Å². The van der Waals surface area contributed by atoms with Crippen LogP contribution in [0.5, 0.6) is 0 Å². The second-order valence-corrected chi connectivity index (χ2v) is 7.33. The molecule has 0 radical (unpaired) electrons. The average molecular weight is 360 g/mol. The van der Waals surface area contributed by atoms with Crippen LogP contribution in [0.2, 0.25) is 0 Å². The molecule has 0 aliphatic rings. The van der Waals surface area contributed by atoms with Crippen molar-refractivity contribution in [1.29, 1.82) is 0 Å². The molecule has 0 heterocycles. The maximum Gasteiger partial charge on any atom is 0.151 e. The fourth-order valence-corrected chi connectivity index (χ4v) is 3.19. The minimum absolute atomic E-state index is 0.531. The minimum atomic E-state index is -1.11. The first-order valence-electron chi connectivity index (χ1n) is 10.9. The Bertz CT molecular complexity index is 237. The summed E-state index contributed by atoms with van der Waals surface area (Å²) in [6.07, 6.45) is 20.4. The fraction of sp³-hybridized carbons (Fsp3) is 1.00. The summed E-state index contributed by atoms with van der Waals surface area (Å²) < 4.78 is 5.37. The average Bonchev–Trinajstić information content (AvgIpc) is 2.60. The lowest BCUT2D eigenvalue weighted by molar-refractivity contribution is -0.0466. The Balaban J connectivity index is 2.96. The molecule has 0 aromatic rings. The highest BCUT2D eigenvalue weighted by Gasteiger charge is 1.97. The minimum Gasteiger partial charge on any atom is -0.380 e. The summed E-state index contributed by atoms with van der Waals surface area (Å²) in [5.41, 5.74) is 5.37. The second kappa shape index (κ2) is 21.9. The Morgan fingerprint density at radius 2 is 0.880 bits per heavy atom. The van der Waals surface area contributed by atoms with Crippen molar-refractivity contribution >= 4 is 0 Å². The van der Waals surface area contributed by atoms with Crippen molar-refractivity contribution in [3.8, 4) is 0 Å². The number of ether oxygens (including phenoxy) is 1. The highest BCUT2D eigenvalue weighted by molar-refractivity contribution is 4.50. The molecule has 152 valence electrons. The summed E-state index contributed by atoms with van der Waals surface area (Å²) in [5, 5.41) is 17.5. The summed E-state index contributed by atoms with van der Waals surface area (Å²) in [6.45, 7) is 2.22. The van der Waals surface area contributed by atoms with Crippen LogP contribution in [-0.4, -0.2) is 36.3 Å². The first-order valence-corrected chi connectivity index (χ1v) is 10.9. The van der Waals surface area contributed by atoms with E-state index in [4.69, 9.17) is 20.7 Å². The second-order valence-electron chi connectivity index (χ2n) is 7.33. The van der Waals surface area contributed by atoms with Crippen LogP contribution in [0.15, 0.2) is 0 Å². The SMILES string of the molecule is NCCOCCCCCCCCCCCCCCCCCCC(O)O. The first-order chi connectivity index (χ1) is 12.3. The number of hydrogen-bond acceptors (Lipinski definition) is 4. The first kappa shape index (κ1) is 24.8. The Labute approximate surface area is 156 Å². The molecule has 25 heavy (non-hydrogen) atoms. The van der Waals surface area contributed by atoms with Gasteiger partial charge in [0.1, 0.15) is 0 Å². The molecule has 0 aliphatic carbocycles. The third kappa shape index (κ3) is 23.8. The summed E-state index contributed by atoms with van der Waals surface area (Å²) >= 11 is 0. The van der Waals surface area contributed by atoms with Crippen molar-refractivity contribution in [3.05, 3.63) is 0 Å². The van der Waals surface area contributed by atoms with Gasteiger partial charge in [0, 0.05) is 13.2 Å². The molecule has 0 aromatic carbocycles. The molecule has 0 aliphatic heterocycles. The topological polar surface area (TPSA) is 75.7 Å². The van der Waals surface area contributed by atoms with Gasteiger partial charge in [0.2, 0.25) is 0 Å². The Morgan fingerprint density at radius 1 is 0.520 bits per heavy atom. The Morgan fingerprint density at radius 3 is 1.24 bits per heavy atom. The van der Waals surface area contributed by atoms with Crippen molar-refractivity contribution in [2.75, 3.05) is 19.8 Å². The molecule has 0 atom stereocenters. The van der Waals surface area contributed by atoms with Crippen molar-refractivity contribution in [1.82, 2.24) is 0 Å². The Hall–Kier alpha value is -0.160. The summed E-state index contributed by atoms with van der Waals surface area (Å²) in [5.74, 6) is 0. The molecule has 0 saturated heterocycles. The lowest BCUT2D eigenvalue weighted by Gasteiger charge is -2.05. The van der Waals surface area contributed by atoms with Gasteiger partial charge in [0.15, 0.2) is 6.29 Å². The van der Waals surface area contributed by atoms with Crippen molar-refractivity contribution in [2.45, 2.75) is 115 Å². The van der Waals surface area contributed by atoms with Crippen LogP contribution in [-0.2, 0) is 4.74 Å². The third-order valence-corrected chi connectivity index (χ3v) is 4.76. The lowest BCUT2D eigenvalue weighted by atomic mass is 10.0. The maximum atomic E-state index is 8.75. The van der Waals surface area contributed by atoms with Gasteiger partial charge < -0.3 is 20.7 Å². The fourth-order valence-electron chi connectivity index (χ4n) is 3.19. The molecular formula is C21H45NO3. The maximum absolute atomic E-state index is 8.75. The van der Waals surface area contributed by atoms with E-state index >= 15 is 0 Å². The number of rotatable bonds is 21. The van der Waals surface area contributed by atoms with Gasteiger partial charge in [-0.25, -0.2) is 0 Å². The van der Waals surface area contributed by atoms with E-state index in [0.29, 0.717) is 19.6 Å². The molecular weight excluding hydrogens is 314 g/mol. The quantitative estimate of drug-likeness (QED) is 0.201. The van der Waals surface area contributed by atoms with Crippen molar-refractivity contribution < 1.29 is 14.9 Å². The summed E-state index contributed by atoms with van der Waals surface area (Å²) in [7, 11) is 0. The largest absolute Gasteiger partial charge is 0.380 e. The van der Waals surface area contributed by atoms with Gasteiger partial charge in [-0.05, 0) is 19.3 Å². The van der Waals surface area contributed by atoms with Gasteiger partial charge in [-0.15, -0.1) is 0 Å². The number of unbranched alkanes of at least 4 members (excludes halogenated alkanes) is 15. The molecule has 0 aromatic heterocycles. The van der Waals surface area contributed by atoms with Crippen LogP contribution in [0, 0.1) is 0 Å². The van der Waals surface area contributed by atoms with E-state index in [0.717, 1.165) is 19.4 Å². The van der Waals surface area contributed by atoms with E-state index in [1.165, 1.54) is 89.9 Å². The predicted molar refractivity (Wildman–Crippen MR) is 107 cm³/mol. The van der Waals surface area contributed by atoms with E-state index in [2.05, 4.69) is 0 Å². The van der Waals surface area contributed by atoms with Gasteiger partial charge in [-0.1, -0.05) is 89.9 Å². The molecule has 0 rings (SSSR count).